The van der Waals surface area contributed by atoms with E-state index in [9.17, 15) is 0 Å². The predicted octanol–water partition coefficient (Wildman–Crippen LogP) is 4.26. The summed E-state index contributed by atoms with van der Waals surface area (Å²) in [5, 5.41) is 0. The molecule has 2 rings (SSSR count). The van der Waals surface area contributed by atoms with E-state index in [1.165, 1.54) is 32.1 Å². The molecule has 2 nitrogen and oxygen atoms in total. The second-order valence-corrected chi connectivity index (χ2v) is 5.71. The van der Waals surface area contributed by atoms with Crippen molar-refractivity contribution in [3.05, 3.63) is 22.6 Å². The van der Waals surface area contributed by atoms with Crippen LogP contribution in [-0.2, 0) is 0 Å². The van der Waals surface area contributed by atoms with Crippen LogP contribution >= 0.6 is 15.9 Å². The summed E-state index contributed by atoms with van der Waals surface area (Å²) in [5.41, 5.74) is 6.31. The van der Waals surface area contributed by atoms with Gasteiger partial charge in [0.15, 0.2) is 0 Å². The van der Waals surface area contributed by atoms with Crippen LogP contribution < -0.4 is 5.73 Å². The third-order valence-electron chi connectivity index (χ3n) is 3.86. The fourth-order valence-corrected chi connectivity index (χ4v) is 3.25. The Bertz CT molecular complexity index is 336. The van der Waals surface area contributed by atoms with Gasteiger partial charge in [-0.2, -0.15) is 0 Å². The molecular weight excluding hydrogens is 266 g/mol. The maximum atomic E-state index is 6.31. The summed E-state index contributed by atoms with van der Waals surface area (Å²) in [5.74, 6) is 2.36. The maximum Gasteiger partial charge on any atom is 0.134 e. The van der Waals surface area contributed by atoms with E-state index in [1.54, 1.807) is 6.26 Å². The Morgan fingerprint density at radius 1 is 1.56 bits per heavy atom. The Labute approximate surface area is 106 Å². The van der Waals surface area contributed by atoms with Crippen LogP contribution in [0.3, 0.4) is 0 Å². The fourth-order valence-electron chi connectivity index (χ4n) is 2.79. The minimum Gasteiger partial charge on any atom is -0.466 e. The lowest BCUT2D eigenvalue weighted by Crippen LogP contribution is -2.26. The summed E-state index contributed by atoms with van der Waals surface area (Å²) >= 11 is 3.49. The van der Waals surface area contributed by atoms with Crippen molar-refractivity contribution in [1.82, 2.24) is 0 Å². The number of halogens is 1. The van der Waals surface area contributed by atoms with Crippen molar-refractivity contribution in [3.63, 3.8) is 0 Å². The minimum atomic E-state index is 0.0544. The molecule has 90 valence electrons. The second kappa shape index (κ2) is 5.37. The van der Waals surface area contributed by atoms with Gasteiger partial charge in [-0.05, 0) is 46.7 Å². The van der Waals surface area contributed by atoms with E-state index in [-0.39, 0.29) is 6.04 Å². The zero-order valence-corrected chi connectivity index (χ0v) is 11.4. The lowest BCUT2D eigenvalue weighted by molar-refractivity contribution is 0.216. The summed E-state index contributed by atoms with van der Waals surface area (Å²) in [6, 6.07) is 1.98. The standard InChI is InChI=1S/C13H20BrNO/c1-2-9-4-3-5-10(8-9)12(15)13-11(14)6-7-16-13/h6-7,9-10,12H,2-5,8,15H2,1H3. The summed E-state index contributed by atoms with van der Waals surface area (Å²) in [4.78, 5) is 0. The molecule has 3 heteroatoms. The SMILES string of the molecule is CCC1CCCC(C(N)c2occc2Br)C1. The molecule has 1 aliphatic rings. The molecule has 0 spiro atoms. The van der Waals surface area contributed by atoms with Gasteiger partial charge in [-0.25, -0.2) is 0 Å². The van der Waals surface area contributed by atoms with Gasteiger partial charge in [0.25, 0.3) is 0 Å². The highest BCUT2D eigenvalue weighted by molar-refractivity contribution is 9.10. The van der Waals surface area contributed by atoms with Crippen molar-refractivity contribution >= 4 is 15.9 Å². The third kappa shape index (κ3) is 2.51. The lowest BCUT2D eigenvalue weighted by atomic mass is 9.76. The van der Waals surface area contributed by atoms with Crippen molar-refractivity contribution in [2.45, 2.75) is 45.1 Å². The number of hydrogen-bond donors (Lipinski definition) is 1. The van der Waals surface area contributed by atoms with E-state index in [4.69, 9.17) is 10.2 Å². The van der Waals surface area contributed by atoms with Crippen LogP contribution in [0.2, 0.25) is 0 Å². The maximum absolute atomic E-state index is 6.31. The van der Waals surface area contributed by atoms with Gasteiger partial charge in [0, 0.05) is 0 Å². The smallest absolute Gasteiger partial charge is 0.134 e. The molecule has 0 radical (unpaired) electrons. The van der Waals surface area contributed by atoms with E-state index in [2.05, 4.69) is 22.9 Å². The van der Waals surface area contributed by atoms with Crippen LogP contribution in [0, 0.1) is 11.8 Å². The van der Waals surface area contributed by atoms with Crippen molar-refractivity contribution in [1.29, 1.82) is 0 Å². The normalized spacial score (nSPS) is 27.9. The van der Waals surface area contributed by atoms with Gasteiger partial charge < -0.3 is 10.2 Å². The molecule has 1 saturated carbocycles. The topological polar surface area (TPSA) is 39.2 Å². The van der Waals surface area contributed by atoms with Crippen molar-refractivity contribution in [2.75, 3.05) is 0 Å². The Hall–Kier alpha value is -0.280. The van der Waals surface area contributed by atoms with Crippen molar-refractivity contribution < 1.29 is 4.42 Å². The predicted molar refractivity (Wildman–Crippen MR) is 69.1 cm³/mol. The largest absolute Gasteiger partial charge is 0.466 e. The molecule has 0 saturated heterocycles. The minimum absolute atomic E-state index is 0.0544. The van der Waals surface area contributed by atoms with Crippen LogP contribution in [0.15, 0.2) is 21.2 Å². The number of rotatable bonds is 3. The second-order valence-electron chi connectivity index (χ2n) is 4.86. The van der Waals surface area contributed by atoms with Gasteiger partial charge in [0.1, 0.15) is 5.76 Å². The quantitative estimate of drug-likeness (QED) is 0.901. The van der Waals surface area contributed by atoms with Crippen LogP contribution in [0.4, 0.5) is 0 Å². The zero-order valence-electron chi connectivity index (χ0n) is 9.79. The Balaban J connectivity index is 2.04. The monoisotopic (exact) mass is 285 g/mol. The molecule has 16 heavy (non-hydrogen) atoms. The fraction of sp³-hybridized carbons (Fsp3) is 0.692. The molecule has 1 heterocycles. The number of nitrogens with two attached hydrogens (primary N) is 1. The first kappa shape index (κ1) is 12.2. The van der Waals surface area contributed by atoms with Crippen LogP contribution in [-0.4, -0.2) is 0 Å². The highest BCUT2D eigenvalue weighted by atomic mass is 79.9. The Morgan fingerprint density at radius 2 is 2.38 bits per heavy atom. The molecule has 1 aromatic rings. The zero-order chi connectivity index (χ0) is 11.5. The van der Waals surface area contributed by atoms with Gasteiger partial charge in [-0.3, -0.25) is 0 Å². The summed E-state index contributed by atoms with van der Waals surface area (Å²) in [7, 11) is 0. The molecule has 0 aromatic carbocycles. The molecule has 0 bridgehead atoms. The van der Waals surface area contributed by atoms with Gasteiger partial charge in [-0.1, -0.05) is 26.2 Å². The molecule has 3 unspecified atom stereocenters. The third-order valence-corrected chi connectivity index (χ3v) is 4.51. The highest BCUT2D eigenvalue weighted by Crippen LogP contribution is 2.39. The number of hydrogen-bond acceptors (Lipinski definition) is 2. The van der Waals surface area contributed by atoms with Crippen LogP contribution in [0.25, 0.3) is 0 Å². The number of furan rings is 1. The van der Waals surface area contributed by atoms with E-state index in [0.29, 0.717) is 5.92 Å². The molecule has 2 N–H and O–H groups in total. The molecule has 0 aliphatic heterocycles. The van der Waals surface area contributed by atoms with Gasteiger partial charge in [-0.15, -0.1) is 0 Å². The van der Waals surface area contributed by atoms with E-state index in [1.807, 2.05) is 6.07 Å². The average molecular weight is 286 g/mol. The average Bonchev–Trinajstić information content (AvgIpc) is 2.74. The van der Waals surface area contributed by atoms with Gasteiger partial charge >= 0.3 is 0 Å². The molecule has 1 fully saturated rings. The highest BCUT2D eigenvalue weighted by Gasteiger charge is 2.29. The first-order valence-corrected chi connectivity index (χ1v) is 7.00. The molecule has 3 atom stereocenters. The lowest BCUT2D eigenvalue weighted by Gasteiger charge is -2.31. The van der Waals surface area contributed by atoms with Gasteiger partial charge in [0.05, 0.1) is 16.8 Å². The van der Waals surface area contributed by atoms with Gasteiger partial charge in [0.2, 0.25) is 0 Å². The summed E-state index contributed by atoms with van der Waals surface area (Å²) < 4.78 is 6.49. The molecule has 1 aliphatic carbocycles. The van der Waals surface area contributed by atoms with Crippen molar-refractivity contribution in [2.24, 2.45) is 17.6 Å². The first-order chi connectivity index (χ1) is 7.72. The Kier molecular flexibility index (Phi) is 4.09. The molecular formula is C13H20BrNO. The Morgan fingerprint density at radius 3 is 3.00 bits per heavy atom. The first-order valence-electron chi connectivity index (χ1n) is 6.20. The summed E-state index contributed by atoms with van der Waals surface area (Å²) in [6.07, 6.45) is 8.17. The van der Waals surface area contributed by atoms with E-state index in [0.717, 1.165) is 16.2 Å². The van der Waals surface area contributed by atoms with E-state index < -0.39 is 0 Å². The van der Waals surface area contributed by atoms with Crippen LogP contribution in [0.5, 0.6) is 0 Å². The van der Waals surface area contributed by atoms with E-state index >= 15 is 0 Å². The van der Waals surface area contributed by atoms with Crippen LogP contribution in [0.1, 0.15) is 50.8 Å². The van der Waals surface area contributed by atoms with Crippen molar-refractivity contribution in [3.8, 4) is 0 Å². The molecule has 0 amide bonds. The molecule has 1 aromatic heterocycles. The summed E-state index contributed by atoms with van der Waals surface area (Å²) in [6.45, 7) is 2.28.